The first-order valence-corrected chi connectivity index (χ1v) is 6.00. The molecular formula is C8H14BrN3S. The molecule has 0 radical (unpaired) electrons. The molecule has 0 saturated heterocycles. The Labute approximate surface area is 91.5 Å². The Kier molecular flexibility index (Phi) is 4.12. The molecule has 3 nitrogen and oxygen atoms in total. The third-order valence-electron chi connectivity index (χ3n) is 1.63. The van der Waals surface area contributed by atoms with E-state index in [1.54, 1.807) is 0 Å². The normalized spacial score (nSPS) is 12.9. The summed E-state index contributed by atoms with van der Waals surface area (Å²) in [5.41, 5.74) is 0. The molecule has 5 heteroatoms. The maximum Gasteiger partial charge on any atom is 0.204 e. The summed E-state index contributed by atoms with van der Waals surface area (Å²) in [6, 6.07) is 0. The highest BCUT2D eigenvalue weighted by atomic mass is 79.9. The van der Waals surface area contributed by atoms with Gasteiger partial charge in [0.25, 0.3) is 0 Å². The van der Waals surface area contributed by atoms with Crippen LogP contribution < -0.4 is 4.90 Å². The molecule has 74 valence electrons. The molecule has 0 aliphatic carbocycles. The van der Waals surface area contributed by atoms with Crippen LogP contribution in [0.4, 0.5) is 5.13 Å². The smallest absolute Gasteiger partial charge is 0.204 e. The van der Waals surface area contributed by atoms with E-state index in [1.807, 2.05) is 7.05 Å². The van der Waals surface area contributed by atoms with Crippen LogP contribution >= 0.6 is 27.5 Å². The monoisotopic (exact) mass is 263 g/mol. The van der Waals surface area contributed by atoms with E-state index in [1.165, 1.54) is 11.5 Å². The second-order valence-corrected chi connectivity index (χ2v) is 5.30. The summed E-state index contributed by atoms with van der Waals surface area (Å²) in [5, 5.41) is 1.00. The zero-order chi connectivity index (χ0) is 9.84. The van der Waals surface area contributed by atoms with Gasteiger partial charge in [0.1, 0.15) is 5.82 Å². The number of rotatable bonds is 4. The van der Waals surface area contributed by atoms with Crippen molar-refractivity contribution in [2.24, 2.45) is 0 Å². The van der Waals surface area contributed by atoms with E-state index >= 15 is 0 Å². The molecule has 1 aromatic heterocycles. The van der Waals surface area contributed by atoms with Crippen molar-refractivity contribution in [1.82, 2.24) is 9.36 Å². The van der Waals surface area contributed by atoms with Crippen molar-refractivity contribution in [2.45, 2.75) is 25.1 Å². The minimum absolute atomic E-state index is 0.478. The molecule has 0 aromatic carbocycles. The molecule has 1 atom stereocenters. The molecule has 1 unspecified atom stereocenters. The number of aromatic nitrogens is 2. The summed E-state index contributed by atoms with van der Waals surface area (Å²) in [4.78, 5) is 6.99. The molecule has 1 aromatic rings. The van der Waals surface area contributed by atoms with Gasteiger partial charge in [-0.05, 0) is 0 Å². The SMILES string of the molecule is CCc1nsc(N(C)CC(C)Br)n1. The zero-order valence-electron chi connectivity index (χ0n) is 8.12. The largest absolute Gasteiger partial charge is 0.349 e. The van der Waals surface area contributed by atoms with Crippen molar-refractivity contribution in [3.8, 4) is 0 Å². The number of halogens is 1. The van der Waals surface area contributed by atoms with E-state index in [9.17, 15) is 0 Å². The van der Waals surface area contributed by atoms with Gasteiger partial charge in [0, 0.05) is 36.4 Å². The molecule has 13 heavy (non-hydrogen) atoms. The molecule has 0 amide bonds. The Hall–Kier alpha value is -0.160. The van der Waals surface area contributed by atoms with Crippen LogP contribution in [-0.4, -0.2) is 27.8 Å². The molecule has 0 N–H and O–H groups in total. The first-order valence-electron chi connectivity index (χ1n) is 4.31. The van der Waals surface area contributed by atoms with Gasteiger partial charge in [-0.15, -0.1) is 0 Å². The van der Waals surface area contributed by atoms with Crippen molar-refractivity contribution >= 4 is 32.6 Å². The fourth-order valence-corrected chi connectivity index (χ4v) is 2.15. The summed E-state index contributed by atoms with van der Waals surface area (Å²) in [7, 11) is 2.04. The van der Waals surface area contributed by atoms with Gasteiger partial charge in [0.2, 0.25) is 5.13 Å². The molecule has 0 spiro atoms. The van der Waals surface area contributed by atoms with Gasteiger partial charge >= 0.3 is 0 Å². The highest BCUT2D eigenvalue weighted by Crippen LogP contribution is 2.17. The standard InChI is InChI=1S/C8H14BrN3S/c1-4-7-10-8(13-11-7)12(3)5-6(2)9/h6H,4-5H2,1-3H3. The van der Waals surface area contributed by atoms with Crippen LogP contribution in [0.15, 0.2) is 0 Å². The quantitative estimate of drug-likeness (QED) is 0.781. The lowest BCUT2D eigenvalue weighted by molar-refractivity contribution is 0.864. The number of anilines is 1. The van der Waals surface area contributed by atoms with Crippen LogP contribution in [0.3, 0.4) is 0 Å². The molecule has 1 heterocycles. The predicted molar refractivity (Wildman–Crippen MR) is 60.9 cm³/mol. The lowest BCUT2D eigenvalue weighted by Crippen LogP contribution is -2.23. The molecule has 0 fully saturated rings. The minimum Gasteiger partial charge on any atom is -0.349 e. The van der Waals surface area contributed by atoms with Gasteiger partial charge in [-0.2, -0.15) is 4.37 Å². The molecule has 0 aliphatic heterocycles. The maximum absolute atomic E-state index is 4.39. The van der Waals surface area contributed by atoms with Gasteiger partial charge in [-0.3, -0.25) is 0 Å². The third-order valence-corrected chi connectivity index (χ3v) is 2.78. The Morgan fingerprint density at radius 1 is 1.62 bits per heavy atom. The van der Waals surface area contributed by atoms with Crippen LogP contribution in [0.2, 0.25) is 0 Å². The van der Waals surface area contributed by atoms with Crippen LogP contribution in [0.5, 0.6) is 0 Å². The minimum atomic E-state index is 0.478. The number of aryl methyl sites for hydroxylation is 1. The highest BCUT2D eigenvalue weighted by Gasteiger charge is 2.09. The van der Waals surface area contributed by atoms with E-state index in [-0.39, 0.29) is 0 Å². The van der Waals surface area contributed by atoms with Crippen molar-refractivity contribution in [3.05, 3.63) is 5.82 Å². The van der Waals surface area contributed by atoms with Crippen LogP contribution in [0.1, 0.15) is 19.7 Å². The topological polar surface area (TPSA) is 29.0 Å². The van der Waals surface area contributed by atoms with Crippen LogP contribution in [-0.2, 0) is 6.42 Å². The molecule has 0 saturated carbocycles. The second kappa shape index (κ2) is 4.91. The lowest BCUT2D eigenvalue weighted by Gasteiger charge is -2.16. The van der Waals surface area contributed by atoms with Gasteiger partial charge in [0.15, 0.2) is 0 Å². The molecule has 0 aliphatic rings. The van der Waals surface area contributed by atoms with Crippen molar-refractivity contribution in [2.75, 3.05) is 18.5 Å². The summed E-state index contributed by atoms with van der Waals surface area (Å²) >= 11 is 4.98. The van der Waals surface area contributed by atoms with E-state index < -0.39 is 0 Å². The van der Waals surface area contributed by atoms with Crippen molar-refractivity contribution in [3.63, 3.8) is 0 Å². The Balaban J connectivity index is 2.60. The van der Waals surface area contributed by atoms with Crippen LogP contribution in [0, 0.1) is 0 Å². The molecule has 1 rings (SSSR count). The average Bonchev–Trinajstić information content (AvgIpc) is 2.50. The van der Waals surface area contributed by atoms with Gasteiger partial charge in [-0.25, -0.2) is 4.98 Å². The first-order chi connectivity index (χ1) is 6.13. The van der Waals surface area contributed by atoms with E-state index in [2.05, 4.69) is 44.0 Å². The second-order valence-electron chi connectivity index (χ2n) is 3.01. The van der Waals surface area contributed by atoms with Crippen LogP contribution in [0.25, 0.3) is 0 Å². The Morgan fingerprint density at radius 3 is 2.77 bits per heavy atom. The van der Waals surface area contributed by atoms with Gasteiger partial charge in [-0.1, -0.05) is 29.8 Å². The number of alkyl halides is 1. The number of hydrogen-bond donors (Lipinski definition) is 0. The number of hydrogen-bond acceptors (Lipinski definition) is 4. The van der Waals surface area contributed by atoms with E-state index in [0.717, 1.165) is 23.9 Å². The Morgan fingerprint density at radius 2 is 2.31 bits per heavy atom. The summed E-state index contributed by atoms with van der Waals surface area (Å²) in [5.74, 6) is 0.939. The zero-order valence-corrected chi connectivity index (χ0v) is 10.5. The fraction of sp³-hybridized carbons (Fsp3) is 0.750. The van der Waals surface area contributed by atoms with Crippen molar-refractivity contribution < 1.29 is 0 Å². The van der Waals surface area contributed by atoms with E-state index in [4.69, 9.17) is 0 Å². The van der Waals surface area contributed by atoms with E-state index in [0.29, 0.717) is 4.83 Å². The molecular weight excluding hydrogens is 250 g/mol. The van der Waals surface area contributed by atoms with Gasteiger partial charge in [0.05, 0.1) is 0 Å². The lowest BCUT2D eigenvalue weighted by atomic mass is 10.4. The summed E-state index contributed by atoms with van der Waals surface area (Å²) in [6.07, 6.45) is 0.911. The number of nitrogens with zero attached hydrogens (tertiary/aromatic N) is 3. The first kappa shape index (κ1) is 10.9. The summed E-state index contributed by atoms with van der Waals surface area (Å²) in [6.45, 7) is 5.15. The Bertz CT molecular complexity index is 262. The maximum atomic E-state index is 4.39. The third kappa shape index (κ3) is 3.23. The predicted octanol–water partition coefficient (Wildman–Crippen LogP) is 2.32. The average molecular weight is 264 g/mol. The molecule has 0 bridgehead atoms. The highest BCUT2D eigenvalue weighted by molar-refractivity contribution is 9.09. The fourth-order valence-electron chi connectivity index (χ4n) is 0.999. The summed E-state index contributed by atoms with van der Waals surface area (Å²) < 4.78 is 4.24. The van der Waals surface area contributed by atoms with Crippen molar-refractivity contribution in [1.29, 1.82) is 0 Å². The van der Waals surface area contributed by atoms with Gasteiger partial charge < -0.3 is 4.90 Å².